The zero-order valence-electron chi connectivity index (χ0n) is 10.2. The van der Waals surface area contributed by atoms with Crippen molar-refractivity contribution >= 4 is 40.6 Å². The van der Waals surface area contributed by atoms with E-state index in [-0.39, 0.29) is 16.3 Å². The van der Waals surface area contributed by atoms with Gasteiger partial charge in [0.1, 0.15) is 0 Å². The Balaban J connectivity index is 2.21. The van der Waals surface area contributed by atoms with Crippen LogP contribution >= 0.6 is 24.4 Å². The first-order valence-corrected chi connectivity index (χ1v) is 6.38. The van der Waals surface area contributed by atoms with E-state index < -0.39 is 34.7 Å². The summed E-state index contributed by atoms with van der Waals surface area (Å²) in [4.78, 5) is 13.1. The molecule has 10 heteroatoms. The minimum absolute atomic E-state index is 0.153. The lowest BCUT2D eigenvalue weighted by molar-refractivity contribution is 0.0969. The van der Waals surface area contributed by atoms with Crippen LogP contribution in [0.1, 0.15) is 10.4 Å². The highest BCUT2D eigenvalue weighted by Gasteiger charge is 2.26. The van der Waals surface area contributed by atoms with Gasteiger partial charge >= 0.3 is 0 Å². The fraction of sp³-hybridized carbons (Fsp3) is 0.182. The molecule has 4 nitrogen and oxygen atoms in total. The van der Waals surface area contributed by atoms with Crippen molar-refractivity contribution in [2.75, 3.05) is 13.1 Å². The summed E-state index contributed by atoms with van der Waals surface area (Å²) in [5.41, 5.74) is -0.994. The van der Waals surface area contributed by atoms with E-state index in [1.54, 1.807) is 0 Å². The summed E-state index contributed by atoms with van der Waals surface area (Å²) < 4.78 is 52.4. The summed E-state index contributed by atoms with van der Waals surface area (Å²) in [6, 6.07) is 0.256. The van der Waals surface area contributed by atoms with Crippen molar-refractivity contribution in [3.63, 3.8) is 0 Å². The molecule has 1 amide bonds. The minimum atomic E-state index is -2.07. The van der Waals surface area contributed by atoms with E-state index in [2.05, 4.69) is 10.6 Å². The average molecular weight is 337 g/mol. The van der Waals surface area contributed by atoms with Crippen LogP contribution in [0.25, 0.3) is 0 Å². The van der Waals surface area contributed by atoms with Crippen molar-refractivity contribution in [2.24, 2.45) is 0 Å². The Morgan fingerprint density at radius 1 is 1.24 bits per heavy atom. The average Bonchev–Trinajstić information content (AvgIpc) is 2.86. The Morgan fingerprint density at radius 2 is 1.90 bits per heavy atom. The molecule has 0 bridgehead atoms. The van der Waals surface area contributed by atoms with Crippen molar-refractivity contribution in [3.05, 3.63) is 34.9 Å². The molecule has 0 aliphatic carbocycles. The molecule has 1 aromatic rings. The summed E-state index contributed by atoms with van der Waals surface area (Å²) >= 11 is 9.79. The highest BCUT2D eigenvalue weighted by molar-refractivity contribution is 7.81. The molecule has 21 heavy (non-hydrogen) atoms. The lowest BCUT2D eigenvalue weighted by Gasteiger charge is -2.18. The zero-order chi connectivity index (χ0) is 15.7. The lowest BCUT2D eigenvalue weighted by Crippen LogP contribution is -2.44. The maximum Gasteiger partial charge on any atom is 0.260 e. The molecule has 1 aromatic carbocycles. The zero-order valence-corrected chi connectivity index (χ0v) is 11.8. The van der Waals surface area contributed by atoms with E-state index in [9.17, 15) is 22.4 Å². The van der Waals surface area contributed by atoms with Gasteiger partial charge in [0.15, 0.2) is 33.5 Å². The molecule has 0 spiro atoms. The first kappa shape index (κ1) is 15.6. The van der Waals surface area contributed by atoms with Crippen molar-refractivity contribution in [1.29, 1.82) is 0 Å². The predicted molar refractivity (Wildman–Crippen MR) is 73.6 cm³/mol. The number of halogens is 4. The minimum Gasteiger partial charge on any atom is -0.360 e. The second kappa shape index (κ2) is 5.90. The standard InChI is InChI=1S/C11H7F4N3OS2/c12-5-3-4(6(13)8(15)7(5)14)9(19)17-11(21)18-2-1-16-10(18)20/h3H,1-2H2,(H,16,20)(H,17,19,21). The third-order valence-electron chi connectivity index (χ3n) is 2.67. The van der Waals surface area contributed by atoms with E-state index in [4.69, 9.17) is 24.4 Å². The summed E-state index contributed by atoms with van der Waals surface area (Å²) in [5.74, 6) is -8.73. The van der Waals surface area contributed by atoms with E-state index in [0.29, 0.717) is 13.1 Å². The Bertz CT molecular complexity index is 653. The van der Waals surface area contributed by atoms with Gasteiger partial charge in [-0.25, -0.2) is 17.6 Å². The van der Waals surface area contributed by atoms with Crippen molar-refractivity contribution in [3.8, 4) is 0 Å². The monoisotopic (exact) mass is 337 g/mol. The number of thiocarbonyl (C=S) groups is 2. The number of nitrogens with one attached hydrogen (secondary N) is 2. The third kappa shape index (κ3) is 2.95. The highest BCUT2D eigenvalue weighted by atomic mass is 32.1. The first-order valence-electron chi connectivity index (χ1n) is 5.56. The molecule has 0 radical (unpaired) electrons. The number of amides is 1. The number of nitrogens with zero attached hydrogens (tertiary/aromatic N) is 1. The number of benzene rings is 1. The van der Waals surface area contributed by atoms with Crippen molar-refractivity contribution in [1.82, 2.24) is 15.5 Å². The molecule has 1 saturated heterocycles. The van der Waals surface area contributed by atoms with Gasteiger partial charge in [-0.15, -0.1) is 0 Å². The molecule has 1 aliphatic rings. The van der Waals surface area contributed by atoms with Crippen LogP contribution in [0, 0.1) is 23.3 Å². The smallest absolute Gasteiger partial charge is 0.260 e. The second-order valence-electron chi connectivity index (χ2n) is 3.99. The van der Waals surface area contributed by atoms with Crippen LogP contribution < -0.4 is 10.6 Å². The summed E-state index contributed by atoms with van der Waals surface area (Å²) in [7, 11) is 0. The number of carbonyl (C=O) groups excluding carboxylic acids is 1. The molecule has 0 saturated carbocycles. The van der Waals surface area contributed by atoms with Crippen molar-refractivity contribution < 1.29 is 22.4 Å². The van der Waals surface area contributed by atoms with Crippen LogP contribution in [0.5, 0.6) is 0 Å². The fourth-order valence-electron chi connectivity index (χ4n) is 1.64. The molecule has 0 atom stereocenters. The molecule has 1 fully saturated rings. The van der Waals surface area contributed by atoms with Gasteiger partial charge < -0.3 is 5.32 Å². The van der Waals surface area contributed by atoms with Crippen molar-refractivity contribution in [2.45, 2.75) is 0 Å². The van der Waals surface area contributed by atoms with Gasteiger partial charge in [-0.3, -0.25) is 15.0 Å². The topological polar surface area (TPSA) is 44.4 Å². The molecular formula is C11H7F4N3OS2. The predicted octanol–water partition coefficient (Wildman–Crippen LogP) is 1.45. The largest absolute Gasteiger partial charge is 0.360 e. The van der Waals surface area contributed by atoms with Gasteiger partial charge in [0.25, 0.3) is 5.91 Å². The molecule has 112 valence electrons. The molecule has 1 aliphatic heterocycles. The van der Waals surface area contributed by atoms with Gasteiger partial charge in [-0.05, 0) is 30.5 Å². The summed E-state index contributed by atoms with van der Waals surface area (Å²) in [5, 5.41) is 4.96. The number of rotatable bonds is 1. The molecule has 0 unspecified atom stereocenters. The second-order valence-corrected chi connectivity index (χ2v) is 4.76. The Hall–Kier alpha value is -1.81. The number of hydrogen-bond donors (Lipinski definition) is 2. The summed E-state index contributed by atoms with van der Waals surface area (Å²) in [6.07, 6.45) is 0. The highest BCUT2D eigenvalue weighted by Crippen LogP contribution is 2.18. The van der Waals surface area contributed by atoms with Crippen LogP contribution in [0.4, 0.5) is 17.6 Å². The van der Waals surface area contributed by atoms with E-state index in [1.807, 2.05) is 0 Å². The molecular weight excluding hydrogens is 330 g/mol. The SMILES string of the molecule is O=C(NC(=S)N1CCNC1=S)c1cc(F)c(F)c(F)c1F. The maximum absolute atomic E-state index is 13.5. The Kier molecular flexibility index (Phi) is 4.37. The Morgan fingerprint density at radius 3 is 2.48 bits per heavy atom. The van der Waals surface area contributed by atoms with Gasteiger partial charge in [-0.1, -0.05) is 0 Å². The molecule has 0 aromatic heterocycles. The molecule has 2 rings (SSSR count). The van der Waals surface area contributed by atoms with Crippen LogP contribution in [0.2, 0.25) is 0 Å². The van der Waals surface area contributed by atoms with Crippen LogP contribution in [-0.4, -0.2) is 34.1 Å². The lowest BCUT2D eigenvalue weighted by atomic mass is 10.1. The first-order chi connectivity index (χ1) is 9.82. The fourth-order valence-corrected chi connectivity index (χ4v) is 2.25. The van der Waals surface area contributed by atoms with Gasteiger partial charge in [0.05, 0.1) is 5.56 Å². The number of hydrogen-bond acceptors (Lipinski definition) is 3. The van der Waals surface area contributed by atoms with Gasteiger partial charge in [0.2, 0.25) is 0 Å². The quantitative estimate of drug-likeness (QED) is 0.351. The van der Waals surface area contributed by atoms with Crippen LogP contribution in [0.15, 0.2) is 6.07 Å². The summed E-state index contributed by atoms with van der Waals surface area (Å²) in [6.45, 7) is 0.885. The van der Waals surface area contributed by atoms with E-state index >= 15 is 0 Å². The third-order valence-corrected chi connectivity index (χ3v) is 3.36. The molecule has 2 N–H and O–H groups in total. The van der Waals surface area contributed by atoms with Gasteiger partial charge in [0, 0.05) is 13.1 Å². The van der Waals surface area contributed by atoms with E-state index in [0.717, 1.165) is 0 Å². The molecule has 1 heterocycles. The normalized spacial score (nSPS) is 14.1. The Labute approximate surface area is 127 Å². The maximum atomic E-state index is 13.5. The van der Waals surface area contributed by atoms with Gasteiger partial charge in [-0.2, -0.15) is 0 Å². The number of carbonyl (C=O) groups is 1. The van der Waals surface area contributed by atoms with Crippen LogP contribution in [0.3, 0.4) is 0 Å². The van der Waals surface area contributed by atoms with E-state index in [1.165, 1.54) is 4.90 Å². The van der Waals surface area contributed by atoms with Crippen LogP contribution in [-0.2, 0) is 0 Å².